The topological polar surface area (TPSA) is 93.5 Å². The van der Waals surface area contributed by atoms with Crippen molar-refractivity contribution in [3.63, 3.8) is 0 Å². The Kier molecular flexibility index (Phi) is 5.04. The highest BCUT2D eigenvalue weighted by molar-refractivity contribution is 5.86. The molecule has 6 heteroatoms. The van der Waals surface area contributed by atoms with Crippen molar-refractivity contribution in [2.45, 2.75) is 31.8 Å². The van der Waals surface area contributed by atoms with E-state index < -0.39 is 0 Å². The van der Waals surface area contributed by atoms with Crippen LogP contribution in [0.3, 0.4) is 0 Å². The zero-order valence-corrected chi connectivity index (χ0v) is 14.0. The average Bonchev–Trinajstić information content (AvgIpc) is 3.19. The van der Waals surface area contributed by atoms with Gasteiger partial charge in [0.1, 0.15) is 5.75 Å². The highest BCUT2D eigenvalue weighted by Crippen LogP contribution is 2.47. The lowest BCUT2D eigenvalue weighted by Gasteiger charge is -2.26. The van der Waals surface area contributed by atoms with Crippen LogP contribution in [-0.2, 0) is 16.1 Å². The molecule has 4 unspecified atom stereocenters. The molecule has 2 aliphatic rings. The van der Waals surface area contributed by atoms with Gasteiger partial charge in [-0.25, -0.2) is 0 Å². The van der Waals surface area contributed by atoms with Gasteiger partial charge in [-0.15, -0.1) is 0 Å². The average molecular weight is 331 g/mol. The number of carbonyl (C=O) groups is 2. The van der Waals surface area contributed by atoms with Crippen LogP contribution in [0.25, 0.3) is 0 Å². The van der Waals surface area contributed by atoms with Crippen molar-refractivity contribution in [2.75, 3.05) is 13.7 Å². The van der Waals surface area contributed by atoms with Crippen LogP contribution in [0.1, 0.15) is 24.8 Å². The summed E-state index contributed by atoms with van der Waals surface area (Å²) < 4.78 is 5.09. The molecule has 6 nitrogen and oxygen atoms in total. The molecule has 0 radical (unpaired) electrons. The van der Waals surface area contributed by atoms with Crippen molar-refractivity contribution >= 4 is 11.8 Å². The number of hydrogen-bond acceptors (Lipinski definition) is 4. The molecular formula is C18H25N3O3. The van der Waals surface area contributed by atoms with E-state index in [1.54, 1.807) is 7.11 Å². The van der Waals surface area contributed by atoms with E-state index in [4.69, 9.17) is 10.5 Å². The molecule has 0 aromatic heterocycles. The Morgan fingerprint density at radius 2 is 1.88 bits per heavy atom. The Balaban J connectivity index is 1.41. The maximum Gasteiger partial charge on any atom is 0.239 e. The Labute approximate surface area is 142 Å². The third-order valence-corrected chi connectivity index (χ3v) is 5.36. The molecule has 2 aliphatic carbocycles. The molecule has 4 atom stereocenters. The number of benzene rings is 1. The van der Waals surface area contributed by atoms with Crippen molar-refractivity contribution in [2.24, 2.45) is 23.5 Å². The van der Waals surface area contributed by atoms with Crippen molar-refractivity contribution in [1.29, 1.82) is 0 Å². The molecule has 0 saturated heterocycles. The lowest BCUT2D eigenvalue weighted by molar-refractivity contribution is -0.130. The first-order chi connectivity index (χ1) is 11.6. The number of hydrogen-bond donors (Lipinski definition) is 3. The van der Waals surface area contributed by atoms with E-state index in [0.29, 0.717) is 18.4 Å². The van der Waals surface area contributed by atoms with E-state index in [1.165, 1.54) is 0 Å². The van der Waals surface area contributed by atoms with E-state index in [2.05, 4.69) is 10.6 Å². The van der Waals surface area contributed by atoms with Gasteiger partial charge in [-0.05, 0) is 48.8 Å². The van der Waals surface area contributed by atoms with Gasteiger partial charge in [0.2, 0.25) is 11.8 Å². The Morgan fingerprint density at radius 3 is 2.50 bits per heavy atom. The number of amides is 2. The van der Waals surface area contributed by atoms with E-state index in [0.717, 1.165) is 30.6 Å². The van der Waals surface area contributed by atoms with Crippen molar-refractivity contribution < 1.29 is 14.3 Å². The smallest absolute Gasteiger partial charge is 0.239 e. The number of methoxy groups -OCH3 is 1. The predicted molar refractivity (Wildman–Crippen MR) is 90.1 cm³/mol. The molecule has 1 aromatic rings. The summed E-state index contributed by atoms with van der Waals surface area (Å²) in [6.45, 7) is 0.419. The summed E-state index contributed by atoms with van der Waals surface area (Å²) in [6, 6.07) is 7.43. The second kappa shape index (κ2) is 7.21. The van der Waals surface area contributed by atoms with Crippen LogP contribution >= 0.6 is 0 Å². The SMILES string of the molecule is COc1ccc(CNC(=O)CNC(=O)C2C3CCC(C3)C2N)cc1. The fraction of sp³-hybridized carbons (Fsp3) is 0.556. The molecule has 2 amide bonds. The van der Waals surface area contributed by atoms with Crippen LogP contribution in [-0.4, -0.2) is 31.5 Å². The largest absolute Gasteiger partial charge is 0.497 e. The first-order valence-electron chi connectivity index (χ1n) is 8.51. The van der Waals surface area contributed by atoms with E-state index in [9.17, 15) is 9.59 Å². The molecule has 3 rings (SSSR count). The monoisotopic (exact) mass is 331 g/mol. The predicted octanol–water partition coefficient (Wildman–Crippen LogP) is 0.801. The highest BCUT2D eigenvalue weighted by atomic mass is 16.5. The lowest BCUT2D eigenvalue weighted by Crippen LogP contribution is -2.47. The zero-order chi connectivity index (χ0) is 17.1. The Bertz CT molecular complexity index is 600. The third-order valence-electron chi connectivity index (χ3n) is 5.36. The third kappa shape index (κ3) is 3.53. The number of carbonyl (C=O) groups excluding carboxylic acids is 2. The summed E-state index contributed by atoms with van der Waals surface area (Å²) >= 11 is 0. The fourth-order valence-electron chi connectivity index (χ4n) is 4.02. The van der Waals surface area contributed by atoms with E-state index >= 15 is 0 Å². The minimum Gasteiger partial charge on any atom is -0.497 e. The standard InChI is InChI=1S/C18H25N3O3/c1-24-14-6-2-11(3-7-14)9-20-15(22)10-21-18(23)16-12-4-5-13(8-12)17(16)19/h2-3,6-7,12-13,16-17H,4-5,8-10,19H2,1H3,(H,20,22)(H,21,23). The number of fused-ring (bicyclic) bond motifs is 2. The summed E-state index contributed by atoms with van der Waals surface area (Å²) in [4.78, 5) is 24.2. The van der Waals surface area contributed by atoms with E-state index in [-0.39, 0.29) is 30.3 Å². The minimum atomic E-state index is -0.198. The second-order valence-electron chi connectivity index (χ2n) is 6.78. The maximum absolute atomic E-state index is 12.3. The number of nitrogens with one attached hydrogen (secondary N) is 2. The minimum absolute atomic E-state index is 0.00437. The molecule has 2 saturated carbocycles. The van der Waals surface area contributed by atoms with Crippen molar-refractivity contribution in [3.8, 4) is 5.75 Å². The van der Waals surface area contributed by atoms with E-state index in [1.807, 2.05) is 24.3 Å². The van der Waals surface area contributed by atoms with Gasteiger partial charge in [-0.2, -0.15) is 0 Å². The summed E-state index contributed by atoms with van der Waals surface area (Å²) in [7, 11) is 1.61. The Hall–Kier alpha value is -2.08. The van der Waals surface area contributed by atoms with Crippen LogP contribution in [0.5, 0.6) is 5.75 Å². The maximum atomic E-state index is 12.3. The molecule has 0 heterocycles. The second-order valence-corrected chi connectivity index (χ2v) is 6.78. The number of ether oxygens (including phenoxy) is 1. The fourth-order valence-corrected chi connectivity index (χ4v) is 4.02. The van der Waals surface area contributed by atoms with Crippen LogP contribution in [0.15, 0.2) is 24.3 Å². The van der Waals surface area contributed by atoms with Gasteiger partial charge in [0.25, 0.3) is 0 Å². The van der Waals surface area contributed by atoms with Crippen LogP contribution in [0.2, 0.25) is 0 Å². The molecule has 2 fully saturated rings. The zero-order valence-electron chi connectivity index (χ0n) is 14.0. The molecule has 130 valence electrons. The molecule has 24 heavy (non-hydrogen) atoms. The van der Waals surface area contributed by atoms with Gasteiger partial charge in [-0.3, -0.25) is 9.59 Å². The summed E-state index contributed by atoms with van der Waals surface area (Å²) in [5.41, 5.74) is 7.14. The lowest BCUT2D eigenvalue weighted by atomic mass is 9.84. The Morgan fingerprint density at radius 1 is 1.17 bits per heavy atom. The highest BCUT2D eigenvalue weighted by Gasteiger charge is 2.48. The summed E-state index contributed by atoms with van der Waals surface area (Å²) in [6.07, 6.45) is 3.28. The number of nitrogens with two attached hydrogens (primary N) is 1. The number of rotatable bonds is 6. The normalized spacial score (nSPS) is 27.8. The van der Waals surface area contributed by atoms with Crippen LogP contribution in [0.4, 0.5) is 0 Å². The van der Waals surface area contributed by atoms with Gasteiger partial charge in [0.15, 0.2) is 0 Å². The van der Waals surface area contributed by atoms with Crippen molar-refractivity contribution in [3.05, 3.63) is 29.8 Å². The molecule has 4 N–H and O–H groups in total. The van der Waals surface area contributed by atoms with Crippen LogP contribution in [0, 0.1) is 17.8 Å². The molecule has 2 bridgehead atoms. The van der Waals surface area contributed by atoms with Gasteiger partial charge in [0, 0.05) is 12.6 Å². The van der Waals surface area contributed by atoms with Crippen LogP contribution < -0.4 is 21.1 Å². The van der Waals surface area contributed by atoms with Gasteiger partial charge < -0.3 is 21.1 Å². The molecule has 0 aliphatic heterocycles. The van der Waals surface area contributed by atoms with Gasteiger partial charge >= 0.3 is 0 Å². The van der Waals surface area contributed by atoms with Gasteiger partial charge in [0.05, 0.1) is 19.6 Å². The van der Waals surface area contributed by atoms with Gasteiger partial charge in [-0.1, -0.05) is 12.1 Å². The van der Waals surface area contributed by atoms with Crippen molar-refractivity contribution in [1.82, 2.24) is 10.6 Å². The first-order valence-corrected chi connectivity index (χ1v) is 8.51. The summed E-state index contributed by atoms with van der Waals surface area (Å²) in [5, 5.41) is 5.55. The first kappa shape index (κ1) is 16.8. The quantitative estimate of drug-likeness (QED) is 0.719. The molecule has 0 spiro atoms. The summed E-state index contributed by atoms with van der Waals surface area (Å²) in [5.74, 6) is 1.25. The molecular weight excluding hydrogens is 306 g/mol. The molecule has 1 aromatic carbocycles.